The second-order valence-electron chi connectivity index (χ2n) is 3.32. The summed E-state index contributed by atoms with van der Waals surface area (Å²) in [6, 6.07) is 4.78. The van der Waals surface area contributed by atoms with Crippen LogP contribution >= 0.6 is 12.6 Å². The molecule has 0 saturated carbocycles. The van der Waals surface area contributed by atoms with Crippen LogP contribution in [-0.4, -0.2) is 33.8 Å². The molecular formula is C11H16O4S. The SMILES string of the molecule is CCOc1cccc(C(O)C(O)CS)c1O. The van der Waals surface area contributed by atoms with E-state index in [9.17, 15) is 15.3 Å². The number of aliphatic hydroxyl groups excluding tert-OH is 2. The molecule has 0 aliphatic heterocycles. The molecule has 0 bridgehead atoms. The summed E-state index contributed by atoms with van der Waals surface area (Å²) < 4.78 is 5.18. The number of rotatable bonds is 5. The zero-order valence-corrected chi connectivity index (χ0v) is 9.89. The summed E-state index contributed by atoms with van der Waals surface area (Å²) >= 11 is 3.88. The van der Waals surface area contributed by atoms with Gasteiger partial charge in [0, 0.05) is 11.3 Å². The van der Waals surface area contributed by atoms with Gasteiger partial charge in [-0.2, -0.15) is 12.6 Å². The number of benzene rings is 1. The van der Waals surface area contributed by atoms with Crippen molar-refractivity contribution in [2.45, 2.75) is 19.1 Å². The van der Waals surface area contributed by atoms with E-state index in [0.717, 1.165) is 0 Å². The molecule has 16 heavy (non-hydrogen) atoms. The van der Waals surface area contributed by atoms with E-state index in [1.807, 2.05) is 0 Å². The first-order chi connectivity index (χ1) is 7.61. The highest BCUT2D eigenvalue weighted by molar-refractivity contribution is 7.80. The van der Waals surface area contributed by atoms with Crippen molar-refractivity contribution in [3.8, 4) is 11.5 Å². The van der Waals surface area contributed by atoms with Crippen LogP contribution in [0, 0.1) is 0 Å². The molecule has 0 spiro atoms. The lowest BCUT2D eigenvalue weighted by Crippen LogP contribution is -2.19. The minimum Gasteiger partial charge on any atom is -0.504 e. The number of hydrogen-bond acceptors (Lipinski definition) is 5. The van der Waals surface area contributed by atoms with Gasteiger partial charge >= 0.3 is 0 Å². The maximum absolute atomic E-state index is 9.81. The number of aliphatic hydroxyl groups is 2. The molecule has 2 unspecified atom stereocenters. The summed E-state index contributed by atoms with van der Waals surface area (Å²) in [5.41, 5.74) is 0.243. The first-order valence-electron chi connectivity index (χ1n) is 5.03. The monoisotopic (exact) mass is 244 g/mol. The van der Waals surface area contributed by atoms with Gasteiger partial charge in [-0.3, -0.25) is 0 Å². The summed E-state index contributed by atoms with van der Waals surface area (Å²) in [4.78, 5) is 0. The van der Waals surface area contributed by atoms with Crippen molar-refractivity contribution in [3.63, 3.8) is 0 Å². The summed E-state index contributed by atoms with van der Waals surface area (Å²) in [5.74, 6) is 0.266. The Morgan fingerprint density at radius 2 is 2.06 bits per heavy atom. The van der Waals surface area contributed by atoms with Crippen LogP contribution in [0.15, 0.2) is 18.2 Å². The molecule has 5 heteroatoms. The highest BCUT2D eigenvalue weighted by Crippen LogP contribution is 2.34. The largest absolute Gasteiger partial charge is 0.504 e. The van der Waals surface area contributed by atoms with Crippen LogP contribution in [0.1, 0.15) is 18.6 Å². The predicted octanol–water partition coefficient (Wildman–Crippen LogP) is 1.11. The van der Waals surface area contributed by atoms with Gasteiger partial charge in [-0.15, -0.1) is 0 Å². The molecule has 0 amide bonds. The molecule has 0 aliphatic carbocycles. The maximum Gasteiger partial charge on any atom is 0.163 e. The molecule has 0 fully saturated rings. The molecule has 1 aromatic carbocycles. The molecular weight excluding hydrogens is 228 g/mol. The van der Waals surface area contributed by atoms with Crippen LogP contribution in [0.5, 0.6) is 11.5 Å². The third-order valence-electron chi connectivity index (χ3n) is 2.20. The molecule has 3 N–H and O–H groups in total. The first kappa shape index (κ1) is 13.2. The highest BCUT2D eigenvalue weighted by Gasteiger charge is 2.21. The fraction of sp³-hybridized carbons (Fsp3) is 0.455. The van der Waals surface area contributed by atoms with Crippen molar-refractivity contribution in [2.75, 3.05) is 12.4 Å². The van der Waals surface area contributed by atoms with Crippen molar-refractivity contribution < 1.29 is 20.1 Å². The number of aromatic hydroxyl groups is 1. The first-order valence-corrected chi connectivity index (χ1v) is 5.66. The van der Waals surface area contributed by atoms with Gasteiger partial charge in [0.25, 0.3) is 0 Å². The Morgan fingerprint density at radius 3 is 2.62 bits per heavy atom. The zero-order valence-electron chi connectivity index (χ0n) is 9.00. The van der Waals surface area contributed by atoms with Crippen molar-refractivity contribution >= 4 is 12.6 Å². The smallest absolute Gasteiger partial charge is 0.163 e. The fourth-order valence-electron chi connectivity index (χ4n) is 1.36. The fourth-order valence-corrected chi connectivity index (χ4v) is 1.56. The molecule has 4 nitrogen and oxygen atoms in total. The number of para-hydroxylation sites is 1. The Kier molecular flexibility index (Phi) is 4.92. The number of phenols is 1. The van der Waals surface area contributed by atoms with Crippen LogP contribution < -0.4 is 4.74 Å². The van der Waals surface area contributed by atoms with Gasteiger partial charge in [-0.25, -0.2) is 0 Å². The number of ether oxygens (including phenoxy) is 1. The second-order valence-corrected chi connectivity index (χ2v) is 3.69. The average molecular weight is 244 g/mol. The molecule has 0 heterocycles. The van der Waals surface area contributed by atoms with Gasteiger partial charge in [0.05, 0.1) is 12.7 Å². The van der Waals surface area contributed by atoms with Crippen LogP contribution in [0.2, 0.25) is 0 Å². The third-order valence-corrected chi connectivity index (χ3v) is 2.57. The van der Waals surface area contributed by atoms with Crippen molar-refractivity contribution in [2.24, 2.45) is 0 Å². The summed E-state index contributed by atoms with van der Waals surface area (Å²) in [6.45, 7) is 2.22. The van der Waals surface area contributed by atoms with E-state index in [2.05, 4.69) is 12.6 Å². The highest BCUT2D eigenvalue weighted by atomic mass is 32.1. The van der Waals surface area contributed by atoms with Crippen molar-refractivity contribution in [3.05, 3.63) is 23.8 Å². The number of phenolic OH excluding ortho intramolecular Hbond substituents is 1. The number of hydrogen-bond donors (Lipinski definition) is 4. The molecule has 0 saturated heterocycles. The minimum atomic E-state index is -1.17. The van der Waals surface area contributed by atoms with Gasteiger partial charge < -0.3 is 20.1 Å². The second kappa shape index (κ2) is 5.98. The Labute approximate surface area is 99.9 Å². The Morgan fingerprint density at radius 1 is 1.38 bits per heavy atom. The Hall–Kier alpha value is -0.910. The lowest BCUT2D eigenvalue weighted by Gasteiger charge is -2.18. The van der Waals surface area contributed by atoms with Gasteiger partial charge in [-0.05, 0) is 13.0 Å². The van der Waals surface area contributed by atoms with E-state index in [0.29, 0.717) is 12.4 Å². The zero-order chi connectivity index (χ0) is 12.1. The van der Waals surface area contributed by atoms with E-state index >= 15 is 0 Å². The molecule has 1 rings (SSSR count). The van der Waals surface area contributed by atoms with Crippen LogP contribution in [0.3, 0.4) is 0 Å². The van der Waals surface area contributed by atoms with E-state index in [1.54, 1.807) is 19.1 Å². The van der Waals surface area contributed by atoms with E-state index < -0.39 is 12.2 Å². The third kappa shape index (κ3) is 2.81. The van der Waals surface area contributed by atoms with Crippen molar-refractivity contribution in [1.29, 1.82) is 0 Å². The van der Waals surface area contributed by atoms with Gasteiger partial charge in [-0.1, -0.05) is 12.1 Å². The minimum absolute atomic E-state index is 0.111. The summed E-state index contributed by atoms with van der Waals surface area (Å²) in [6.07, 6.45) is -2.19. The maximum atomic E-state index is 9.81. The molecule has 0 aromatic heterocycles. The van der Waals surface area contributed by atoms with Crippen LogP contribution in [0.25, 0.3) is 0 Å². The summed E-state index contributed by atoms with van der Waals surface area (Å²) in [7, 11) is 0. The van der Waals surface area contributed by atoms with Gasteiger partial charge in [0.2, 0.25) is 0 Å². The Balaban J connectivity index is 3.00. The topological polar surface area (TPSA) is 69.9 Å². The Bertz CT molecular complexity index is 343. The quantitative estimate of drug-likeness (QED) is 0.586. The lowest BCUT2D eigenvalue weighted by molar-refractivity contribution is 0.0320. The molecule has 0 aliphatic rings. The summed E-state index contributed by atoms with van der Waals surface area (Å²) in [5, 5.41) is 29.0. The van der Waals surface area contributed by atoms with E-state index in [-0.39, 0.29) is 17.1 Å². The average Bonchev–Trinajstić information content (AvgIpc) is 2.30. The van der Waals surface area contributed by atoms with E-state index in [4.69, 9.17) is 4.74 Å². The van der Waals surface area contributed by atoms with Crippen LogP contribution in [0.4, 0.5) is 0 Å². The molecule has 90 valence electrons. The van der Waals surface area contributed by atoms with Gasteiger partial charge in [0.1, 0.15) is 6.10 Å². The van der Waals surface area contributed by atoms with Crippen LogP contribution in [-0.2, 0) is 0 Å². The standard InChI is InChI=1S/C11H16O4S/c1-2-15-9-5-3-4-7(11(9)14)10(13)8(12)6-16/h3-5,8,10,12-14,16H,2,6H2,1H3. The van der Waals surface area contributed by atoms with Crippen molar-refractivity contribution in [1.82, 2.24) is 0 Å². The van der Waals surface area contributed by atoms with Gasteiger partial charge in [0.15, 0.2) is 11.5 Å². The normalized spacial score (nSPS) is 14.5. The lowest BCUT2D eigenvalue weighted by atomic mass is 10.0. The molecule has 1 aromatic rings. The van der Waals surface area contributed by atoms with E-state index in [1.165, 1.54) is 6.07 Å². The predicted molar refractivity (Wildman–Crippen MR) is 64.1 cm³/mol. The molecule has 0 radical (unpaired) electrons. The molecule has 2 atom stereocenters. The number of thiol groups is 1.